The molecule has 1 amide bonds. The van der Waals surface area contributed by atoms with Gasteiger partial charge in [0.25, 0.3) is 12.3 Å². The molecule has 1 aliphatic carbocycles. The van der Waals surface area contributed by atoms with Crippen molar-refractivity contribution < 1.29 is 23.2 Å². The van der Waals surface area contributed by atoms with Crippen LogP contribution in [0, 0.1) is 10.1 Å². The van der Waals surface area contributed by atoms with Gasteiger partial charge in [-0.3, -0.25) is 14.9 Å². The van der Waals surface area contributed by atoms with Crippen LogP contribution in [0.25, 0.3) is 0 Å². The first-order valence-corrected chi connectivity index (χ1v) is 8.54. The summed E-state index contributed by atoms with van der Waals surface area (Å²) < 4.78 is 30.9. The van der Waals surface area contributed by atoms with Crippen LogP contribution in [0.5, 0.6) is 11.5 Å². The third-order valence-corrected chi connectivity index (χ3v) is 4.27. The van der Waals surface area contributed by atoms with Crippen LogP contribution in [0.15, 0.2) is 42.5 Å². The smallest absolute Gasteiger partial charge is 0.313 e. The Morgan fingerprint density at radius 3 is 2.48 bits per heavy atom. The number of hydrogen-bond donors (Lipinski definition) is 0. The van der Waals surface area contributed by atoms with E-state index in [1.165, 1.54) is 47.4 Å². The standard InChI is InChI=1S/C18H15ClF2N2O4/c19-12-3-8-16(15(9-12)23(25)26)27-14-6-1-11(2-7-14)18(24)22(10-17(20)21)13-4-5-13/h1-3,6-9,13,17H,4-5,10H2. The quantitative estimate of drug-likeness (QED) is 0.492. The Balaban J connectivity index is 1.76. The van der Waals surface area contributed by atoms with Crippen molar-refractivity contribution in [3.63, 3.8) is 0 Å². The van der Waals surface area contributed by atoms with Crippen molar-refractivity contribution >= 4 is 23.2 Å². The molecular weight excluding hydrogens is 382 g/mol. The molecule has 0 aliphatic heterocycles. The number of nitrogens with zero attached hydrogens (tertiary/aromatic N) is 2. The summed E-state index contributed by atoms with van der Waals surface area (Å²) in [5, 5.41) is 11.3. The number of halogens is 3. The molecule has 0 spiro atoms. The molecule has 1 fully saturated rings. The lowest BCUT2D eigenvalue weighted by Crippen LogP contribution is -2.36. The molecule has 27 heavy (non-hydrogen) atoms. The number of alkyl halides is 2. The highest BCUT2D eigenvalue weighted by Crippen LogP contribution is 2.34. The molecule has 142 valence electrons. The topological polar surface area (TPSA) is 72.7 Å². The van der Waals surface area contributed by atoms with Crippen molar-refractivity contribution in [3.05, 3.63) is 63.2 Å². The van der Waals surface area contributed by atoms with E-state index in [-0.39, 0.29) is 33.8 Å². The molecule has 0 bridgehead atoms. The average molecular weight is 397 g/mol. The van der Waals surface area contributed by atoms with E-state index in [2.05, 4.69) is 0 Å². The van der Waals surface area contributed by atoms with Gasteiger partial charge in [-0.05, 0) is 49.2 Å². The lowest BCUT2D eigenvalue weighted by Gasteiger charge is -2.22. The molecule has 0 radical (unpaired) electrons. The highest BCUT2D eigenvalue weighted by molar-refractivity contribution is 6.30. The number of rotatable bonds is 7. The summed E-state index contributed by atoms with van der Waals surface area (Å²) in [6, 6.07) is 9.67. The van der Waals surface area contributed by atoms with Crippen molar-refractivity contribution in [2.75, 3.05) is 6.54 Å². The summed E-state index contributed by atoms with van der Waals surface area (Å²) in [6.45, 7) is -0.598. The van der Waals surface area contributed by atoms with Gasteiger partial charge in [-0.2, -0.15) is 0 Å². The zero-order valence-corrected chi connectivity index (χ0v) is 14.7. The van der Waals surface area contributed by atoms with E-state index < -0.39 is 23.8 Å². The molecule has 0 aromatic heterocycles. The van der Waals surface area contributed by atoms with E-state index in [0.717, 1.165) is 12.8 Å². The molecule has 2 aromatic rings. The van der Waals surface area contributed by atoms with Crippen LogP contribution >= 0.6 is 11.6 Å². The summed E-state index contributed by atoms with van der Waals surface area (Å²) in [6.07, 6.45) is -1.15. The summed E-state index contributed by atoms with van der Waals surface area (Å²) in [4.78, 5) is 24.1. The van der Waals surface area contributed by atoms with Crippen molar-refractivity contribution in [1.82, 2.24) is 4.90 Å². The van der Waals surface area contributed by atoms with Crippen LogP contribution in [0.3, 0.4) is 0 Å². The van der Waals surface area contributed by atoms with Crippen molar-refractivity contribution in [3.8, 4) is 11.5 Å². The number of ether oxygens (including phenoxy) is 1. The highest BCUT2D eigenvalue weighted by Gasteiger charge is 2.34. The maximum Gasteiger partial charge on any atom is 0.313 e. The van der Waals surface area contributed by atoms with Gasteiger partial charge in [0, 0.05) is 22.7 Å². The number of carbonyl (C=O) groups excluding carboxylic acids is 1. The number of amides is 1. The minimum atomic E-state index is -2.59. The molecule has 1 saturated carbocycles. The predicted molar refractivity (Wildman–Crippen MR) is 94.7 cm³/mol. The molecular formula is C18H15ClF2N2O4. The number of benzene rings is 2. The fourth-order valence-electron chi connectivity index (χ4n) is 2.61. The Kier molecular flexibility index (Phi) is 5.55. The molecule has 0 heterocycles. The molecule has 0 unspecified atom stereocenters. The van der Waals surface area contributed by atoms with Crippen molar-refractivity contribution in [1.29, 1.82) is 0 Å². The second-order valence-electron chi connectivity index (χ2n) is 6.08. The second-order valence-corrected chi connectivity index (χ2v) is 6.51. The van der Waals surface area contributed by atoms with E-state index in [1.54, 1.807) is 0 Å². The first-order chi connectivity index (χ1) is 12.8. The SMILES string of the molecule is O=C(c1ccc(Oc2ccc(Cl)cc2[N+](=O)[O-])cc1)N(CC(F)F)C1CC1. The van der Waals surface area contributed by atoms with Gasteiger partial charge < -0.3 is 9.64 Å². The second kappa shape index (κ2) is 7.87. The van der Waals surface area contributed by atoms with Gasteiger partial charge in [0.05, 0.1) is 11.5 Å². The lowest BCUT2D eigenvalue weighted by molar-refractivity contribution is -0.385. The summed E-state index contributed by atoms with van der Waals surface area (Å²) in [5.41, 5.74) is -0.0417. The molecule has 2 aromatic carbocycles. The Morgan fingerprint density at radius 1 is 1.26 bits per heavy atom. The largest absolute Gasteiger partial charge is 0.450 e. The maximum atomic E-state index is 12.7. The Labute approximate surface area is 158 Å². The zero-order valence-electron chi connectivity index (χ0n) is 14.0. The average Bonchev–Trinajstić information content (AvgIpc) is 3.46. The summed E-state index contributed by atoms with van der Waals surface area (Å²) in [7, 11) is 0. The van der Waals surface area contributed by atoms with Gasteiger partial charge >= 0.3 is 5.69 Å². The fourth-order valence-corrected chi connectivity index (χ4v) is 2.78. The highest BCUT2D eigenvalue weighted by atomic mass is 35.5. The van der Waals surface area contributed by atoms with Crippen LogP contribution in [0.2, 0.25) is 5.02 Å². The van der Waals surface area contributed by atoms with Crippen molar-refractivity contribution in [2.24, 2.45) is 0 Å². The Hall–Kier alpha value is -2.74. The van der Waals surface area contributed by atoms with Crippen molar-refractivity contribution in [2.45, 2.75) is 25.3 Å². The van der Waals surface area contributed by atoms with Gasteiger partial charge in [-0.15, -0.1) is 0 Å². The molecule has 0 saturated heterocycles. The molecule has 1 aliphatic rings. The molecule has 6 nitrogen and oxygen atoms in total. The Morgan fingerprint density at radius 2 is 1.93 bits per heavy atom. The number of nitro groups is 1. The van der Waals surface area contributed by atoms with Gasteiger partial charge in [-0.25, -0.2) is 8.78 Å². The van der Waals surface area contributed by atoms with E-state index in [0.29, 0.717) is 0 Å². The van der Waals surface area contributed by atoms with Crippen LogP contribution in [-0.2, 0) is 0 Å². The molecule has 9 heteroatoms. The predicted octanol–water partition coefficient (Wildman–Crippen LogP) is 4.91. The third-order valence-electron chi connectivity index (χ3n) is 4.03. The van der Waals surface area contributed by atoms with Gasteiger partial charge in [0.15, 0.2) is 0 Å². The van der Waals surface area contributed by atoms with Gasteiger partial charge in [0.1, 0.15) is 5.75 Å². The molecule has 0 N–H and O–H groups in total. The monoisotopic (exact) mass is 396 g/mol. The van der Waals surface area contributed by atoms with Crippen LogP contribution in [0.4, 0.5) is 14.5 Å². The maximum absolute atomic E-state index is 12.7. The summed E-state index contributed by atoms with van der Waals surface area (Å²) >= 11 is 5.76. The molecule has 3 rings (SSSR count). The lowest BCUT2D eigenvalue weighted by atomic mass is 10.2. The zero-order chi connectivity index (χ0) is 19.6. The normalized spacial score (nSPS) is 13.5. The first-order valence-electron chi connectivity index (χ1n) is 8.16. The third kappa shape index (κ3) is 4.71. The van der Waals surface area contributed by atoms with Crippen LogP contribution in [0.1, 0.15) is 23.2 Å². The number of hydrogen-bond acceptors (Lipinski definition) is 4. The van der Waals surface area contributed by atoms with E-state index in [1.807, 2.05) is 0 Å². The Bertz CT molecular complexity index is 857. The van der Waals surface area contributed by atoms with Crippen LogP contribution < -0.4 is 4.74 Å². The molecule has 0 atom stereocenters. The first kappa shape index (κ1) is 19.0. The minimum absolute atomic E-state index is 0.000726. The van der Waals surface area contributed by atoms with E-state index in [9.17, 15) is 23.7 Å². The van der Waals surface area contributed by atoms with E-state index in [4.69, 9.17) is 16.3 Å². The van der Waals surface area contributed by atoms with Crippen LogP contribution in [-0.4, -0.2) is 34.7 Å². The van der Waals surface area contributed by atoms with Gasteiger partial charge in [0.2, 0.25) is 5.75 Å². The fraction of sp³-hybridized carbons (Fsp3) is 0.278. The number of nitro benzene ring substituents is 1. The number of carbonyl (C=O) groups is 1. The van der Waals surface area contributed by atoms with Gasteiger partial charge in [-0.1, -0.05) is 11.6 Å². The summed E-state index contributed by atoms with van der Waals surface area (Å²) in [5.74, 6) is -0.202. The van der Waals surface area contributed by atoms with E-state index >= 15 is 0 Å². The minimum Gasteiger partial charge on any atom is -0.450 e.